The molecule has 106 valence electrons. The van der Waals surface area contributed by atoms with Crippen molar-refractivity contribution in [1.82, 2.24) is 15.1 Å². The highest BCUT2D eigenvalue weighted by atomic mass is 15.2. The lowest BCUT2D eigenvalue weighted by Gasteiger charge is -2.32. The van der Waals surface area contributed by atoms with Crippen molar-refractivity contribution in [2.45, 2.75) is 63.6 Å². The Morgan fingerprint density at radius 1 is 1.33 bits per heavy atom. The molecule has 3 nitrogen and oxygen atoms in total. The fourth-order valence-corrected chi connectivity index (χ4v) is 3.09. The molecule has 18 heavy (non-hydrogen) atoms. The SMILES string of the molecule is CCCC(CNC1CC1)N(C)CC1CCCN1C. The minimum absolute atomic E-state index is 0.726. The second-order valence-corrected chi connectivity index (χ2v) is 6.34. The Kier molecular flexibility index (Phi) is 5.46. The van der Waals surface area contributed by atoms with Gasteiger partial charge in [0, 0.05) is 31.2 Å². The molecular formula is C15H31N3. The monoisotopic (exact) mass is 253 g/mol. The quantitative estimate of drug-likeness (QED) is 0.713. The standard InChI is InChI=1S/C15H31N3/c1-4-6-14(11-16-13-8-9-13)18(3)12-15-7-5-10-17(15)2/h13-16H,4-12H2,1-3H3. The van der Waals surface area contributed by atoms with Gasteiger partial charge in [-0.25, -0.2) is 0 Å². The molecule has 1 saturated heterocycles. The van der Waals surface area contributed by atoms with Crippen molar-refractivity contribution < 1.29 is 0 Å². The van der Waals surface area contributed by atoms with Crippen LogP contribution in [-0.2, 0) is 0 Å². The van der Waals surface area contributed by atoms with Gasteiger partial charge in [0.05, 0.1) is 0 Å². The van der Waals surface area contributed by atoms with Crippen LogP contribution in [0.3, 0.4) is 0 Å². The fraction of sp³-hybridized carbons (Fsp3) is 1.00. The summed E-state index contributed by atoms with van der Waals surface area (Å²) in [4.78, 5) is 5.14. The summed E-state index contributed by atoms with van der Waals surface area (Å²) < 4.78 is 0. The van der Waals surface area contributed by atoms with Gasteiger partial charge in [0.2, 0.25) is 0 Å². The topological polar surface area (TPSA) is 18.5 Å². The Labute approximate surface area is 113 Å². The molecule has 1 N–H and O–H groups in total. The molecule has 1 heterocycles. The lowest BCUT2D eigenvalue weighted by Crippen LogP contribution is -2.46. The van der Waals surface area contributed by atoms with Crippen LogP contribution < -0.4 is 5.32 Å². The predicted octanol–water partition coefficient (Wildman–Crippen LogP) is 1.93. The molecule has 2 rings (SSSR count). The van der Waals surface area contributed by atoms with Gasteiger partial charge in [0.15, 0.2) is 0 Å². The minimum Gasteiger partial charge on any atom is -0.312 e. The second kappa shape index (κ2) is 6.88. The van der Waals surface area contributed by atoms with Gasteiger partial charge >= 0.3 is 0 Å². The summed E-state index contributed by atoms with van der Waals surface area (Å²) >= 11 is 0. The first kappa shape index (κ1) is 14.3. The zero-order valence-electron chi connectivity index (χ0n) is 12.5. The highest BCUT2D eigenvalue weighted by Gasteiger charge is 2.26. The maximum atomic E-state index is 3.70. The van der Waals surface area contributed by atoms with E-state index in [1.54, 1.807) is 0 Å². The first-order chi connectivity index (χ1) is 8.70. The molecule has 1 aliphatic heterocycles. The van der Waals surface area contributed by atoms with Crippen molar-refractivity contribution in [3.8, 4) is 0 Å². The summed E-state index contributed by atoms with van der Waals surface area (Å²) in [5.41, 5.74) is 0. The zero-order valence-corrected chi connectivity index (χ0v) is 12.5. The van der Waals surface area contributed by atoms with Crippen molar-refractivity contribution in [2.75, 3.05) is 33.7 Å². The van der Waals surface area contributed by atoms with E-state index < -0.39 is 0 Å². The van der Waals surface area contributed by atoms with Gasteiger partial charge in [-0.2, -0.15) is 0 Å². The highest BCUT2D eigenvalue weighted by molar-refractivity contribution is 4.85. The van der Waals surface area contributed by atoms with Crippen molar-refractivity contribution in [3.63, 3.8) is 0 Å². The number of rotatable bonds is 8. The highest BCUT2D eigenvalue weighted by Crippen LogP contribution is 2.20. The molecule has 1 saturated carbocycles. The minimum atomic E-state index is 0.726. The number of nitrogens with zero attached hydrogens (tertiary/aromatic N) is 2. The van der Waals surface area contributed by atoms with Crippen LogP contribution in [0.5, 0.6) is 0 Å². The van der Waals surface area contributed by atoms with Crippen LogP contribution in [0.4, 0.5) is 0 Å². The fourth-order valence-electron chi connectivity index (χ4n) is 3.09. The first-order valence-electron chi connectivity index (χ1n) is 7.84. The summed E-state index contributed by atoms with van der Waals surface area (Å²) in [5, 5.41) is 3.70. The molecule has 2 unspecified atom stereocenters. The smallest absolute Gasteiger partial charge is 0.0220 e. The first-order valence-corrected chi connectivity index (χ1v) is 7.84. The third-order valence-electron chi connectivity index (χ3n) is 4.63. The third kappa shape index (κ3) is 4.22. The molecule has 2 fully saturated rings. The number of likely N-dealkylation sites (N-methyl/N-ethyl adjacent to an activating group) is 2. The van der Waals surface area contributed by atoms with E-state index in [0.717, 1.165) is 18.1 Å². The van der Waals surface area contributed by atoms with Gasteiger partial charge in [-0.3, -0.25) is 0 Å². The van der Waals surface area contributed by atoms with Crippen LogP contribution in [0.1, 0.15) is 45.4 Å². The summed E-state index contributed by atoms with van der Waals surface area (Å²) in [7, 11) is 4.60. The van der Waals surface area contributed by atoms with E-state index in [1.807, 2.05) is 0 Å². The van der Waals surface area contributed by atoms with Crippen LogP contribution >= 0.6 is 0 Å². The Hall–Kier alpha value is -0.120. The lowest BCUT2D eigenvalue weighted by atomic mass is 10.1. The van der Waals surface area contributed by atoms with Crippen LogP contribution in [0.25, 0.3) is 0 Å². The van der Waals surface area contributed by atoms with Crippen LogP contribution in [0, 0.1) is 0 Å². The third-order valence-corrected chi connectivity index (χ3v) is 4.63. The van der Waals surface area contributed by atoms with Gasteiger partial charge < -0.3 is 15.1 Å². The molecule has 3 heteroatoms. The van der Waals surface area contributed by atoms with E-state index in [1.165, 1.54) is 58.2 Å². The molecule has 0 aromatic carbocycles. The van der Waals surface area contributed by atoms with Gasteiger partial charge in [0.25, 0.3) is 0 Å². The average molecular weight is 253 g/mol. The maximum absolute atomic E-state index is 3.70. The molecule has 2 atom stereocenters. The van der Waals surface area contributed by atoms with E-state index in [4.69, 9.17) is 0 Å². The average Bonchev–Trinajstić information content (AvgIpc) is 3.09. The number of hydrogen-bond donors (Lipinski definition) is 1. The number of hydrogen-bond acceptors (Lipinski definition) is 3. The van der Waals surface area contributed by atoms with Crippen molar-refractivity contribution in [2.24, 2.45) is 0 Å². The largest absolute Gasteiger partial charge is 0.312 e. The molecule has 0 bridgehead atoms. The van der Waals surface area contributed by atoms with Crippen LogP contribution in [0.2, 0.25) is 0 Å². The van der Waals surface area contributed by atoms with Crippen molar-refractivity contribution >= 4 is 0 Å². The van der Waals surface area contributed by atoms with Crippen molar-refractivity contribution in [3.05, 3.63) is 0 Å². The predicted molar refractivity (Wildman–Crippen MR) is 78.0 cm³/mol. The van der Waals surface area contributed by atoms with Gasteiger partial charge in [-0.05, 0) is 52.7 Å². The molecule has 0 aromatic rings. The van der Waals surface area contributed by atoms with E-state index in [0.29, 0.717) is 0 Å². The second-order valence-electron chi connectivity index (χ2n) is 6.34. The summed E-state index contributed by atoms with van der Waals surface area (Å²) in [6, 6.07) is 2.35. The van der Waals surface area contributed by atoms with E-state index in [-0.39, 0.29) is 0 Å². The van der Waals surface area contributed by atoms with Gasteiger partial charge in [0.1, 0.15) is 0 Å². The molecular weight excluding hydrogens is 222 g/mol. The number of likely N-dealkylation sites (tertiary alicyclic amines) is 1. The van der Waals surface area contributed by atoms with E-state index in [2.05, 4.69) is 36.1 Å². The van der Waals surface area contributed by atoms with E-state index >= 15 is 0 Å². The van der Waals surface area contributed by atoms with E-state index in [9.17, 15) is 0 Å². The van der Waals surface area contributed by atoms with Crippen LogP contribution in [0.15, 0.2) is 0 Å². The zero-order chi connectivity index (χ0) is 13.0. The van der Waals surface area contributed by atoms with Crippen LogP contribution in [-0.4, -0.2) is 61.7 Å². The Balaban J connectivity index is 1.75. The maximum Gasteiger partial charge on any atom is 0.0220 e. The lowest BCUT2D eigenvalue weighted by molar-refractivity contribution is 0.166. The van der Waals surface area contributed by atoms with Crippen molar-refractivity contribution in [1.29, 1.82) is 0 Å². The Morgan fingerprint density at radius 3 is 2.67 bits per heavy atom. The molecule has 0 amide bonds. The Morgan fingerprint density at radius 2 is 2.11 bits per heavy atom. The summed E-state index contributed by atoms with van der Waals surface area (Å²) in [5.74, 6) is 0. The van der Waals surface area contributed by atoms with Gasteiger partial charge in [-0.15, -0.1) is 0 Å². The van der Waals surface area contributed by atoms with Gasteiger partial charge in [-0.1, -0.05) is 13.3 Å². The molecule has 0 aromatic heterocycles. The molecule has 0 spiro atoms. The molecule has 2 aliphatic rings. The number of nitrogens with one attached hydrogen (secondary N) is 1. The molecule has 1 aliphatic carbocycles. The molecule has 0 radical (unpaired) electrons. The Bertz CT molecular complexity index is 240. The summed E-state index contributed by atoms with van der Waals surface area (Å²) in [6.45, 7) is 6.02. The normalized spacial score (nSPS) is 27.0. The summed E-state index contributed by atoms with van der Waals surface area (Å²) in [6.07, 6.45) is 8.18.